The second kappa shape index (κ2) is 7.34. The zero-order valence-electron chi connectivity index (χ0n) is 14.0. The van der Waals surface area contributed by atoms with Crippen LogP contribution in [-0.2, 0) is 0 Å². The molecule has 1 N–H and O–H groups in total. The fraction of sp³-hybridized carbons (Fsp3) is 0.263. The molecule has 0 bridgehead atoms. The van der Waals surface area contributed by atoms with Gasteiger partial charge in [-0.25, -0.2) is 9.18 Å². The highest BCUT2D eigenvalue weighted by Gasteiger charge is 2.23. The number of urea groups is 1. The van der Waals surface area contributed by atoms with Gasteiger partial charge in [0.1, 0.15) is 5.82 Å². The summed E-state index contributed by atoms with van der Waals surface area (Å²) in [4.78, 5) is 27.2. The molecule has 25 heavy (non-hydrogen) atoms. The van der Waals surface area contributed by atoms with Crippen molar-refractivity contribution in [2.45, 2.75) is 6.92 Å². The van der Waals surface area contributed by atoms with Gasteiger partial charge in [0.25, 0.3) is 0 Å². The summed E-state index contributed by atoms with van der Waals surface area (Å²) in [6.07, 6.45) is 0. The Morgan fingerprint density at radius 2 is 1.68 bits per heavy atom. The molecule has 0 spiro atoms. The Bertz CT molecular complexity index is 771. The fourth-order valence-electron chi connectivity index (χ4n) is 2.86. The number of piperazine rings is 1. The largest absolute Gasteiger partial charge is 0.366 e. The first-order valence-electron chi connectivity index (χ1n) is 8.21. The molecule has 0 saturated carbocycles. The van der Waals surface area contributed by atoms with Gasteiger partial charge in [0.2, 0.25) is 0 Å². The first-order valence-corrected chi connectivity index (χ1v) is 8.21. The van der Waals surface area contributed by atoms with Gasteiger partial charge in [-0.3, -0.25) is 4.79 Å². The zero-order valence-corrected chi connectivity index (χ0v) is 14.0. The van der Waals surface area contributed by atoms with Crippen molar-refractivity contribution in [2.75, 3.05) is 36.4 Å². The van der Waals surface area contributed by atoms with E-state index < -0.39 is 5.82 Å². The number of ketones is 1. The minimum absolute atomic E-state index is 0.154. The van der Waals surface area contributed by atoms with E-state index in [4.69, 9.17) is 0 Å². The summed E-state index contributed by atoms with van der Waals surface area (Å²) in [5.74, 6) is -0.567. The van der Waals surface area contributed by atoms with Gasteiger partial charge in [-0.2, -0.15) is 0 Å². The molecule has 130 valence electrons. The van der Waals surface area contributed by atoms with Gasteiger partial charge in [0.15, 0.2) is 5.78 Å². The van der Waals surface area contributed by atoms with Gasteiger partial charge < -0.3 is 15.1 Å². The molecule has 2 aromatic carbocycles. The molecule has 0 aliphatic carbocycles. The third kappa shape index (κ3) is 3.96. The van der Waals surface area contributed by atoms with E-state index in [9.17, 15) is 14.0 Å². The van der Waals surface area contributed by atoms with Crippen molar-refractivity contribution >= 4 is 23.2 Å². The summed E-state index contributed by atoms with van der Waals surface area (Å²) < 4.78 is 14.3. The number of para-hydroxylation sites is 1. The normalized spacial score (nSPS) is 14.3. The number of amides is 2. The van der Waals surface area contributed by atoms with E-state index in [1.807, 2.05) is 35.2 Å². The van der Waals surface area contributed by atoms with Crippen molar-refractivity contribution in [1.82, 2.24) is 4.90 Å². The van der Waals surface area contributed by atoms with Gasteiger partial charge in [-0.1, -0.05) is 18.2 Å². The zero-order chi connectivity index (χ0) is 17.8. The predicted octanol–water partition coefficient (Wildman–Crippen LogP) is 3.38. The molecule has 3 rings (SSSR count). The third-order valence-electron chi connectivity index (χ3n) is 4.29. The summed E-state index contributed by atoms with van der Waals surface area (Å²) >= 11 is 0. The molecule has 0 radical (unpaired) electrons. The van der Waals surface area contributed by atoms with Crippen LogP contribution in [0.25, 0.3) is 0 Å². The topological polar surface area (TPSA) is 52.7 Å². The van der Waals surface area contributed by atoms with Crippen LogP contribution < -0.4 is 10.2 Å². The smallest absolute Gasteiger partial charge is 0.321 e. The van der Waals surface area contributed by atoms with Crippen LogP contribution in [0.1, 0.15) is 17.3 Å². The molecule has 5 nitrogen and oxygen atoms in total. The van der Waals surface area contributed by atoms with Gasteiger partial charge in [0, 0.05) is 37.4 Å². The predicted molar refractivity (Wildman–Crippen MR) is 95.7 cm³/mol. The van der Waals surface area contributed by atoms with Crippen molar-refractivity contribution in [1.29, 1.82) is 0 Å². The second-order valence-corrected chi connectivity index (χ2v) is 5.99. The fourth-order valence-corrected chi connectivity index (χ4v) is 2.86. The lowest BCUT2D eigenvalue weighted by atomic mass is 10.1. The molecule has 2 aromatic rings. The van der Waals surface area contributed by atoms with Crippen LogP contribution in [0, 0.1) is 5.82 Å². The average molecular weight is 341 g/mol. The van der Waals surface area contributed by atoms with Gasteiger partial charge in [-0.15, -0.1) is 0 Å². The van der Waals surface area contributed by atoms with Crippen LogP contribution in [0.2, 0.25) is 0 Å². The highest BCUT2D eigenvalue weighted by atomic mass is 19.1. The Morgan fingerprint density at radius 1 is 1.00 bits per heavy atom. The summed E-state index contributed by atoms with van der Waals surface area (Å²) in [6, 6.07) is 13.7. The van der Waals surface area contributed by atoms with E-state index in [1.165, 1.54) is 13.0 Å². The van der Waals surface area contributed by atoms with E-state index in [1.54, 1.807) is 17.0 Å². The van der Waals surface area contributed by atoms with Gasteiger partial charge >= 0.3 is 6.03 Å². The lowest BCUT2D eigenvalue weighted by molar-refractivity contribution is 0.101. The highest BCUT2D eigenvalue weighted by molar-refractivity contribution is 5.94. The maximum absolute atomic E-state index is 14.3. The molecule has 0 aromatic heterocycles. The lowest BCUT2D eigenvalue weighted by Gasteiger charge is -2.36. The van der Waals surface area contributed by atoms with Crippen molar-refractivity contribution < 1.29 is 14.0 Å². The molecule has 1 fully saturated rings. The number of halogens is 1. The monoisotopic (exact) mass is 341 g/mol. The molecule has 1 heterocycles. The van der Waals surface area contributed by atoms with Crippen LogP contribution in [0.15, 0.2) is 48.5 Å². The molecule has 0 unspecified atom stereocenters. The quantitative estimate of drug-likeness (QED) is 0.871. The molecular weight excluding hydrogens is 321 g/mol. The van der Waals surface area contributed by atoms with E-state index in [2.05, 4.69) is 5.32 Å². The van der Waals surface area contributed by atoms with Crippen LogP contribution in [0.3, 0.4) is 0 Å². The van der Waals surface area contributed by atoms with Gasteiger partial charge in [-0.05, 0) is 37.3 Å². The minimum Gasteiger partial charge on any atom is -0.366 e. The Labute approximate surface area is 146 Å². The first-order chi connectivity index (χ1) is 12.0. The average Bonchev–Trinajstić information content (AvgIpc) is 2.62. The molecule has 2 amide bonds. The SMILES string of the molecule is CC(=O)c1ccc(N2CCN(C(=O)Nc3ccccc3)CC2)c(F)c1. The number of anilines is 2. The lowest BCUT2D eigenvalue weighted by Crippen LogP contribution is -2.50. The summed E-state index contributed by atoms with van der Waals surface area (Å²) in [5, 5.41) is 2.85. The number of hydrogen-bond acceptors (Lipinski definition) is 3. The van der Waals surface area contributed by atoms with Crippen molar-refractivity contribution in [3.8, 4) is 0 Å². The van der Waals surface area contributed by atoms with Crippen molar-refractivity contribution in [2.24, 2.45) is 0 Å². The first kappa shape index (κ1) is 17.0. The molecule has 1 saturated heterocycles. The standard InChI is InChI=1S/C19H20FN3O2/c1-14(24)15-7-8-18(17(20)13-15)22-9-11-23(12-10-22)19(25)21-16-5-3-2-4-6-16/h2-8,13H,9-12H2,1H3,(H,21,25). The number of carbonyl (C=O) groups excluding carboxylic acids is 2. The Morgan fingerprint density at radius 3 is 2.28 bits per heavy atom. The van der Waals surface area contributed by atoms with E-state index >= 15 is 0 Å². The summed E-state index contributed by atoms with van der Waals surface area (Å²) in [5.41, 5.74) is 1.58. The summed E-state index contributed by atoms with van der Waals surface area (Å²) in [7, 11) is 0. The van der Waals surface area contributed by atoms with Crippen LogP contribution in [0.5, 0.6) is 0 Å². The number of nitrogens with one attached hydrogen (secondary N) is 1. The van der Waals surface area contributed by atoms with Crippen molar-refractivity contribution in [3.05, 3.63) is 59.9 Å². The highest BCUT2D eigenvalue weighted by Crippen LogP contribution is 2.22. The Balaban J connectivity index is 1.60. The summed E-state index contributed by atoms with van der Waals surface area (Å²) in [6.45, 7) is 3.51. The third-order valence-corrected chi connectivity index (χ3v) is 4.29. The number of carbonyl (C=O) groups is 2. The number of benzene rings is 2. The van der Waals surface area contributed by atoms with E-state index in [0.29, 0.717) is 37.4 Å². The minimum atomic E-state index is -0.408. The Kier molecular flexibility index (Phi) is 4.97. The molecule has 1 aliphatic heterocycles. The van der Waals surface area contributed by atoms with Crippen LogP contribution >= 0.6 is 0 Å². The number of rotatable bonds is 3. The number of Topliss-reactive ketones (excluding diaryl/α,β-unsaturated/α-hetero) is 1. The maximum atomic E-state index is 14.3. The van der Waals surface area contributed by atoms with Gasteiger partial charge in [0.05, 0.1) is 5.69 Å². The second-order valence-electron chi connectivity index (χ2n) is 5.99. The van der Waals surface area contributed by atoms with Crippen LogP contribution in [-0.4, -0.2) is 42.9 Å². The number of nitrogens with zero attached hydrogens (tertiary/aromatic N) is 2. The van der Waals surface area contributed by atoms with Crippen LogP contribution in [0.4, 0.5) is 20.6 Å². The molecule has 0 atom stereocenters. The van der Waals surface area contributed by atoms with E-state index in [-0.39, 0.29) is 11.8 Å². The van der Waals surface area contributed by atoms with Crippen molar-refractivity contribution in [3.63, 3.8) is 0 Å². The molecular formula is C19H20FN3O2. The molecule has 6 heteroatoms. The number of hydrogen-bond donors (Lipinski definition) is 1. The Hall–Kier alpha value is -2.89. The van der Waals surface area contributed by atoms with E-state index in [0.717, 1.165) is 5.69 Å². The molecule has 1 aliphatic rings. The maximum Gasteiger partial charge on any atom is 0.321 e.